The van der Waals surface area contributed by atoms with Crippen LogP contribution < -0.4 is 4.72 Å². The molecule has 0 unspecified atom stereocenters. The van der Waals surface area contributed by atoms with Crippen LogP contribution in [0.5, 0.6) is 0 Å². The molecule has 0 amide bonds. The zero-order valence-electron chi connectivity index (χ0n) is 7.91. The maximum atomic E-state index is 11.0. The van der Waals surface area contributed by atoms with E-state index in [-0.39, 0.29) is 5.21 Å². The molecule has 1 aliphatic heterocycles. The number of nitrogens with zero attached hydrogens (tertiary/aromatic N) is 1. The highest BCUT2D eigenvalue weighted by Gasteiger charge is 2.11. The fraction of sp³-hybridized carbons (Fsp3) is 1.00. The predicted molar refractivity (Wildman–Crippen MR) is 54.9 cm³/mol. The number of sulfonamides is 1. The number of halogens is 1. The van der Waals surface area contributed by atoms with E-state index in [0.29, 0.717) is 13.1 Å². The van der Waals surface area contributed by atoms with Crippen LogP contribution in [-0.2, 0) is 14.8 Å². The summed E-state index contributed by atoms with van der Waals surface area (Å²) in [4.78, 5) is 2.15. The maximum absolute atomic E-state index is 11.0. The predicted octanol–water partition coefficient (Wildman–Crippen LogP) is -0.566. The van der Waals surface area contributed by atoms with Gasteiger partial charge in [0.25, 0.3) is 0 Å². The molecule has 84 valence electrons. The average molecular weight is 243 g/mol. The molecule has 0 radical (unpaired) electrons. The van der Waals surface area contributed by atoms with E-state index in [1.165, 1.54) is 0 Å². The van der Waals surface area contributed by atoms with Gasteiger partial charge in [-0.05, 0) is 0 Å². The first kappa shape index (κ1) is 12.2. The third-order valence-corrected chi connectivity index (χ3v) is 3.79. The molecule has 0 aromatic heterocycles. The van der Waals surface area contributed by atoms with Gasteiger partial charge >= 0.3 is 0 Å². The van der Waals surface area contributed by atoms with Gasteiger partial charge in [-0.15, -0.1) is 11.6 Å². The minimum Gasteiger partial charge on any atom is -0.379 e. The second-order valence-corrected chi connectivity index (χ2v) is 5.46. The highest BCUT2D eigenvalue weighted by atomic mass is 35.5. The molecule has 1 heterocycles. The van der Waals surface area contributed by atoms with Crippen molar-refractivity contribution in [2.75, 3.05) is 44.6 Å². The molecule has 1 N–H and O–H groups in total. The van der Waals surface area contributed by atoms with Crippen molar-refractivity contribution in [3.63, 3.8) is 0 Å². The van der Waals surface area contributed by atoms with Crippen molar-refractivity contribution in [2.45, 2.75) is 0 Å². The quantitative estimate of drug-likeness (QED) is 0.657. The number of hydrogen-bond donors (Lipinski definition) is 1. The first-order valence-corrected chi connectivity index (χ1v) is 6.66. The fourth-order valence-corrected chi connectivity index (χ4v) is 1.93. The standard InChI is InChI=1S/C7H15ClN2O3S/c8-7-14(11,12)9-1-2-10-3-5-13-6-4-10/h9H,1-7H2. The van der Waals surface area contributed by atoms with Gasteiger partial charge in [0.15, 0.2) is 0 Å². The molecule has 0 aromatic rings. The first-order valence-electron chi connectivity index (χ1n) is 4.47. The van der Waals surface area contributed by atoms with E-state index in [9.17, 15) is 8.42 Å². The Balaban J connectivity index is 2.14. The van der Waals surface area contributed by atoms with Gasteiger partial charge in [0.2, 0.25) is 10.0 Å². The van der Waals surface area contributed by atoms with Crippen LogP contribution in [0.3, 0.4) is 0 Å². The van der Waals surface area contributed by atoms with Gasteiger partial charge in [-0.2, -0.15) is 0 Å². The van der Waals surface area contributed by atoms with Crippen LogP contribution >= 0.6 is 11.6 Å². The Labute approximate surface area is 89.4 Å². The lowest BCUT2D eigenvalue weighted by atomic mass is 10.4. The van der Waals surface area contributed by atoms with Crippen LogP contribution in [0.4, 0.5) is 0 Å². The minimum atomic E-state index is -3.26. The SMILES string of the molecule is O=S(=O)(CCl)NCCN1CCOCC1. The molecule has 0 bridgehead atoms. The third kappa shape index (κ3) is 4.56. The monoisotopic (exact) mass is 242 g/mol. The Hall–Kier alpha value is 0.120. The molecule has 5 nitrogen and oxygen atoms in total. The van der Waals surface area contributed by atoms with Crippen molar-refractivity contribution in [3.05, 3.63) is 0 Å². The van der Waals surface area contributed by atoms with E-state index < -0.39 is 10.0 Å². The molecule has 0 aliphatic carbocycles. The molecule has 1 aliphatic rings. The lowest BCUT2D eigenvalue weighted by Crippen LogP contribution is -2.41. The van der Waals surface area contributed by atoms with Gasteiger partial charge < -0.3 is 4.74 Å². The Morgan fingerprint density at radius 3 is 2.57 bits per heavy atom. The molecule has 0 saturated carbocycles. The second-order valence-electron chi connectivity index (χ2n) is 3.07. The van der Waals surface area contributed by atoms with Crippen LogP contribution in [0.15, 0.2) is 0 Å². The van der Waals surface area contributed by atoms with Gasteiger partial charge in [-0.25, -0.2) is 13.1 Å². The van der Waals surface area contributed by atoms with E-state index in [4.69, 9.17) is 16.3 Å². The first-order chi connectivity index (χ1) is 6.64. The molecular formula is C7H15ClN2O3S. The van der Waals surface area contributed by atoms with Crippen molar-refractivity contribution in [1.29, 1.82) is 0 Å². The minimum absolute atomic E-state index is 0.379. The van der Waals surface area contributed by atoms with E-state index >= 15 is 0 Å². The molecule has 1 fully saturated rings. The van der Waals surface area contributed by atoms with Crippen molar-refractivity contribution in [3.8, 4) is 0 Å². The summed E-state index contributed by atoms with van der Waals surface area (Å²) in [7, 11) is -3.26. The van der Waals surface area contributed by atoms with Crippen LogP contribution in [0.1, 0.15) is 0 Å². The summed E-state index contributed by atoms with van der Waals surface area (Å²) in [5.74, 6) is 0. The number of nitrogens with one attached hydrogen (secondary N) is 1. The Kier molecular flexibility index (Phi) is 5.11. The van der Waals surface area contributed by atoms with E-state index in [0.717, 1.165) is 26.3 Å². The summed E-state index contributed by atoms with van der Waals surface area (Å²) in [6.07, 6.45) is 0. The van der Waals surface area contributed by atoms with Gasteiger partial charge in [0, 0.05) is 26.2 Å². The zero-order chi connectivity index (χ0) is 10.4. The summed E-state index contributed by atoms with van der Waals surface area (Å²) < 4.78 is 29.5. The van der Waals surface area contributed by atoms with Crippen molar-refractivity contribution >= 4 is 21.6 Å². The van der Waals surface area contributed by atoms with Crippen molar-refractivity contribution in [2.24, 2.45) is 0 Å². The number of rotatable bonds is 5. The molecule has 14 heavy (non-hydrogen) atoms. The smallest absolute Gasteiger partial charge is 0.225 e. The lowest BCUT2D eigenvalue weighted by molar-refractivity contribution is 0.0390. The van der Waals surface area contributed by atoms with Crippen LogP contribution in [0, 0.1) is 0 Å². The van der Waals surface area contributed by atoms with Gasteiger partial charge in [-0.1, -0.05) is 0 Å². The molecule has 0 atom stereocenters. The Morgan fingerprint density at radius 2 is 2.00 bits per heavy atom. The van der Waals surface area contributed by atoms with Gasteiger partial charge in [0.1, 0.15) is 5.21 Å². The molecular weight excluding hydrogens is 228 g/mol. The maximum Gasteiger partial charge on any atom is 0.225 e. The molecule has 1 rings (SSSR count). The van der Waals surface area contributed by atoms with Gasteiger partial charge in [0.05, 0.1) is 13.2 Å². The Morgan fingerprint density at radius 1 is 1.36 bits per heavy atom. The number of morpholine rings is 1. The topological polar surface area (TPSA) is 58.6 Å². The largest absolute Gasteiger partial charge is 0.379 e. The number of hydrogen-bond acceptors (Lipinski definition) is 4. The van der Waals surface area contributed by atoms with E-state index in [2.05, 4.69) is 9.62 Å². The molecule has 1 saturated heterocycles. The summed E-state index contributed by atoms with van der Waals surface area (Å²) in [5.41, 5.74) is 0. The van der Waals surface area contributed by atoms with Crippen LogP contribution in [0.2, 0.25) is 0 Å². The van der Waals surface area contributed by atoms with Crippen LogP contribution in [0.25, 0.3) is 0 Å². The Bertz CT molecular complexity index is 252. The highest BCUT2D eigenvalue weighted by Crippen LogP contribution is 1.95. The average Bonchev–Trinajstić information content (AvgIpc) is 2.19. The summed E-state index contributed by atoms with van der Waals surface area (Å²) >= 11 is 5.23. The summed E-state index contributed by atoms with van der Waals surface area (Å²) in [6, 6.07) is 0. The number of alkyl halides is 1. The van der Waals surface area contributed by atoms with Crippen molar-refractivity contribution < 1.29 is 13.2 Å². The number of ether oxygens (including phenoxy) is 1. The van der Waals surface area contributed by atoms with E-state index in [1.54, 1.807) is 0 Å². The van der Waals surface area contributed by atoms with Gasteiger partial charge in [-0.3, -0.25) is 4.90 Å². The van der Waals surface area contributed by atoms with E-state index in [1.807, 2.05) is 0 Å². The zero-order valence-corrected chi connectivity index (χ0v) is 9.48. The van der Waals surface area contributed by atoms with Crippen molar-refractivity contribution in [1.82, 2.24) is 9.62 Å². The molecule has 0 aromatic carbocycles. The fourth-order valence-electron chi connectivity index (χ4n) is 1.22. The molecule has 0 spiro atoms. The van der Waals surface area contributed by atoms with Crippen LogP contribution in [-0.4, -0.2) is 57.9 Å². The molecule has 7 heteroatoms. The highest BCUT2D eigenvalue weighted by molar-refractivity contribution is 7.90. The third-order valence-electron chi connectivity index (χ3n) is 2.00. The second kappa shape index (κ2) is 5.87. The lowest BCUT2D eigenvalue weighted by Gasteiger charge is -2.26. The summed E-state index contributed by atoms with van der Waals surface area (Å²) in [5, 5.41) is -0.379. The normalized spacial score (nSPS) is 19.8. The summed E-state index contributed by atoms with van der Waals surface area (Å²) in [6.45, 7) is 4.30.